The van der Waals surface area contributed by atoms with E-state index in [4.69, 9.17) is 11.6 Å². The van der Waals surface area contributed by atoms with Gasteiger partial charge in [0.05, 0.1) is 6.54 Å². The summed E-state index contributed by atoms with van der Waals surface area (Å²) >= 11 is 6.19. The summed E-state index contributed by atoms with van der Waals surface area (Å²) < 4.78 is 2.63. The molecule has 0 fully saturated rings. The van der Waals surface area contributed by atoms with Crippen molar-refractivity contribution in [3.05, 3.63) is 85.4 Å². The summed E-state index contributed by atoms with van der Waals surface area (Å²) in [5.41, 5.74) is 1.64. The van der Waals surface area contributed by atoms with Gasteiger partial charge >= 0.3 is 11.1 Å². The van der Waals surface area contributed by atoms with Crippen LogP contribution in [0, 0.1) is 6.92 Å². The van der Waals surface area contributed by atoms with E-state index in [2.05, 4.69) is 5.10 Å². The molecule has 0 saturated carbocycles. The summed E-state index contributed by atoms with van der Waals surface area (Å²) in [5.74, 6) is 0.477. The highest BCUT2D eigenvalue weighted by molar-refractivity contribution is 6.31. The highest BCUT2D eigenvalue weighted by atomic mass is 35.5. The number of hydrogen-bond donors (Lipinski definition) is 0. The van der Waals surface area contributed by atoms with Gasteiger partial charge in [0.2, 0.25) is 5.95 Å². The fourth-order valence-corrected chi connectivity index (χ4v) is 3.29. The monoisotopic (exact) mass is 368 g/mol. The number of rotatable bonds is 3. The first-order chi connectivity index (χ1) is 12.5. The number of halogens is 1. The first-order valence-corrected chi connectivity index (χ1v) is 8.72. The number of fused-ring (bicyclic) bond motifs is 1. The number of aromatic nitrogens is 3. The normalized spacial score (nSPS) is 13.1. The second kappa shape index (κ2) is 6.46. The highest BCUT2D eigenvalue weighted by Crippen LogP contribution is 2.26. The minimum Gasteiger partial charge on any atom is -0.309 e. The fraction of sp³-hybridized carbons (Fsp3) is 0.211. The number of hydrogen-bond acceptors (Lipinski definition) is 4. The summed E-state index contributed by atoms with van der Waals surface area (Å²) in [4.78, 5) is 26.9. The predicted octanol–water partition coefficient (Wildman–Crippen LogP) is 2.57. The standard InChI is InChI=1S/C19H17ClN4O2/c1-13-6-8-15(9-7-13)22-10-11-23-17(25)18(26)24(21-19(22)23)12-14-4-2-3-5-16(14)20/h2-9H,10-12H2,1H3. The van der Waals surface area contributed by atoms with Crippen LogP contribution in [0.15, 0.2) is 58.1 Å². The van der Waals surface area contributed by atoms with Crippen molar-refractivity contribution in [3.63, 3.8) is 0 Å². The van der Waals surface area contributed by atoms with E-state index in [0.717, 1.165) is 16.8 Å². The summed E-state index contributed by atoms with van der Waals surface area (Å²) in [5, 5.41) is 5.00. The molecule has 3 aromatic rings. The molecule has 7 heteroatoms. The van der Waals surface area contributed by atoms with Gasteiger partial charge in [0, 0.05) is 23.8 Å². The molecule has 1 aliphatic rings. The molecular formula is C19H17ClN4O2. The van der Waals surface area contributed by atoms with E-state index in [1.165, 1.54) is 9.25 Å². The molecule has 4 rings (SSSR count). The number of anilines is 2. The van der Waals surface area contributed by atoms with Crippen LogP contribution < -0.4 is 16.0 Å². The average molecular weight is 369 g/mol. The zero-order chi connectivity index (χ0) is 18.3. The molecule has 132 valence electrons. The molecule has 0 amide bonds. The minimum atomic E-state index is -0.639. The van der Waals surface area contributed by atoms with Crippen LogP contribution in [0.3, 0.4) is 0 Å². The van der Waals surface area contributed by atoms with Crippen LogP contribution in [0.25, 0.3) is 0 Å². The zero-order valence-electron chi connectivity index (χ0n) is 14.2. The van der Waals surface area contributed by atoms with E-state index >= 15 is 0 Å². The third-order valence-electron chi connectivity index (χ3n) is 4.53. The Labute approximate surface area is 154 Å². The molecule has 1 aliphatic heterocycles. The summed E-state index contributed by atoms with van der Waals surface area (Å²) in [6.07, 6.45) is 0. The maximum Gasteiger partial charge on any atom is 0.333 e. The average Bonchev–Trinajstić information content (AvgIpc) is 3.06. The number of aryl methyl sites for hydroxylation is 1. The quantitative estimate of drug-likeness (QED) is 0.667. The molecule has 2 heterocycles. The van der Waals surface area contributed by atoms with Crippen molar-refractivity contribution in [1.29, 1.82) is 0 Å². The lowest BCUT2D eigenvalue weighted by atomic mass is 10.2. The highest BCUT2D eigenvalue weighted by Gasteiger charge is 2.26. The van der Waals surface area contributed by atoms with Crippen molar-refractivity contribution in [2.45, 2.75) is 20.0 Å². The molecule has 0 radical (unpaired) electrons. The van der Waals surface area contributed by atoms with Gasteiger partial charge in [0.1, 0.15) is 0 Å². The topological polar surface area (TPSA) is 60.1 Å². The van der Waals surface area contributed by atoms with E-state index in [0.29, 0.717) is 24.1 Å². The zero-order valence-corrected chi connectivity index (χ0v) is 15.0. The van der Waals surface area contributed by atoms with E-state index < -0.39 is 11.1 Å². The van der Waals surface area contributed by atoms with Crippen LogP contribution in [0.4, 0.5) is 11.6 Å². The second-order valence-electron chi connectivity index (χ2n) is 6.30. The van der Waals surface area contributed by atoms with Crippen molar-refractivity contribution in [2.75, 3.05) is 11.4 Å². The van der Waals surface area contributed by atoms with Crippen molar-refractivity contribution < 1.29 is 0 Å². The van der Waals surface area contributed by atoms with Gasteiger partial charge in [-0.1, -0.05) is 47.5 Å². The van der Waals surface area contributed by atoms with Gasteiger partial charge in [-0.15, -0.1) is 5.10 Å². The summed E-state index contributed by atoms with van der Waals surface area (Å²) in [6, 6.07) is 15.2. The van der Waals surface area contributed by atoms with E-state index in [9.17, 15) is 9.59 Å². The molecule has 0 aliphatic carbocycles. The second-order valence-corrected chi connectivity index (χ2v) is 6.71. The maximum atomic E-state index is 12.5. The minimum absolute atomic E-state index is 0.156. The van der Waals surface area contributed by atoms with Crippen molar-refractivity contribution in [1.82, 2.24) is 14.3 Å². The van der Waals surface area contributed by atoms with E-state index in [1.807, 2.05) is 54.3 Å². The van der Waals surface area contributed by atoms with Crippen LogP contribution in [-0.2, 0) is 13.1 Å². The lowest BCUT2D eigenvalue weighted by Gasteiger charge is -2.18. The molecule has 0 atom stereocenters. The lowest BCUT2D eigenvalue weighted by molar-refractivity contribution is 0.591. The van der Waals surface area contributed by atoms with Crippen LogP contribution in [0.2, 0.25) is 5.02 Å². The fourth-order valence-electron chi connectivity index (χ4n) is 3.09. The lowest BCUT2D eigenvalue weighted by Crippen LogP contribution is -2.42. The predicted molar refractivity (Wildman–Crippen MR) is 101 cm³/mol. The van der Waals surface area contributed by atoms with Gasteiger partial charge in [-0.2, -0.15) is 0 Å². The third kappa shape index (κ3) is 2.82. The van der Waals surface area contributed by atoms with Gasteiger partial charge in [0.25, 0.3) is 0 Å². The molecule has 0 bridgehead atoms. The molecule has 2 aromatic carbocycles. The number of nitrogens with zero attached hydrogens (tertiary/aromatic N) is 4. The van der Waals surface area contributed by atoms with Crippen molar-refractivity contribution in [2.24, 2.45) is 0 Å². The molecule has 1 aromatic heterocycles. The van der Waals surface area contributed by atoms with Crippen LogP contribution in [-0.4, -0.2) is 20.9 Å². The maximum absolute atomic E-state index is 12.5. The van der Waals surface area contributed by atoms with Crippen LogP contribution in [0.5, 0.6) is 0 Å². The summed E-state index contributed by atoms with van der Waals surface area (Å²) in [6.45, 7) is 3.22. The smallest absolute Gasteiger partial charge is 0.309 e. The molecule has 0 spiro atoms. The molecule has 6 nitrogen and oxygen atoms in total. The molecule has 0 N–H and O–H groups in total. The van der Waals surface area contributed by atoms with Crippen molar-refractivity contribution >= 4 is 23.2 Å². The van der Waals surface area contributed by atoms with Gasteiger partial charge in [-0.25, -0.2) is 4.68 Å². The van der Waals surface area contributed by atoms with E-state index in [-0.39, 0.29) is 6.54 Å². The van der Waals surface area contributed by atoms with Gasteiger partial charge in [-0.05, 0) is 30.7 Å². The van der Waals surface area contributed by atoms with Gasteiger partial charge in [-0.3, -0.25) is 14.2 Å². The Balaban J connectivity index is 1.79. The SMILES string of the molecule is Cc1ccc(N2CCn3c2nn(Cc2ccccc2Cl)c(=O)c3=O)cc1. The summed E-state index contributed by atoms with van der Waals surface area (Å²) in [7, 11) is 0. The van der Waals surface area contributed by atoms with Crippen molar-refractivity contribution in [3.8, 4) is 0 Å². The largest absolute Gasteiger partial charge is 0.333 e. The Bertz CT molecular complexity index is 1090. The Hall–Kier alpha value is -2.86. The first kappa shape index (κ1) is 16.6. The first-order valence-electron chi connectivity index (χ1n) is 8.34. The Morgan fingerprint density at radius 1 is 1.00 bits per heavy atom. The van der Waals surface area contributed by atoms with E-state index in [1.54, 1.807) is 6.07 Å². The van der Waals surface area contributed by atoms with Gasteiger partial charge in [0.15, 0.2) is 0 Å². The van der Waals surface area contributed by atoms with Gasteiger partial charge < -0.3 is 4.90 Å². The van der Waals surface area contributed by atoms with Crippen LogP contribution >= 0.6 is 11.6 Å². The molecule has 0 saturated heterocycles. The van der Waals surface area contributed by atoms with Crippen LogP contribution in [0.1, 0.15) is 11.1 Å². The molecular weight excluding hydrogens is 352 g/mol. The third-order valence-corrected chi connectivity index (χ3v) is 4.90. The Kier molecular flexibility index (Phi) is 4.12. The Morgan fingerprint density at radius 3 is 2.46 bits per heavy atom. The number of benzene rings is 2. The molecule has 0 unspecified atom stereocenters. The Morgan fingerprint density at radius 2 is 1.73 bits per heavy atom. The molecule has 26 heavy (non-hydrogen) atoms.